The largest absolute Gasteiger partial charge is 0.361 e. The summed E-state index contributed by atoms with van der Waals surface area (Å²) < 4.78 is 5.22. The minimum atomic E-state index is 0.0412. The lowest BCUT2D eigenvalue weighted by Gasteiger charge is -2.31. The summed E-state index contributed by atoms with van der Waals surface area (Å²) in [6, 6.07) is 6.20. The van der Waals surface area contributed by atoms with Gasteiger partial charge in [-0.25, -0.2) is 4.98 Å². The number of amides is 1. The van der Waals surface area contributed by atoms with E-state index in [1.807, 2.05) is 24.8 Å². The molecule has 0 atom stereocenters. The molecule has 0 radical (unpaired) electrons. The Morgan fingerprint density at radius 2 is 2.08 bits per heavy atom. The van der Waals surface area contributed by atoms with E-state index in [1.54, 1.807) is 0 Å². The SMILES string of the molecule is CCc1noc(C)c1C(=O)N1CCC(c2nc3c(C)cccc3[nH]2)CC1. The number of rotatable bonds is 3. The molecule has 0 unspecified atom stereocenters. The monoisotopic (exact) mass is 352 g/mol. The van der Waals surface area contributed by atoms with E-state index in [9.17, 15) is 4.79 Å². The molecule has 1 amide bonds. The highest BCUT2D eigenvalue weighted by atomic mass is 16.5. The molecule has 6 heteroatoms. The van der Waals surface area contributed by atoms with Gasteiger partial charge in [-0.15, -0.1) is 0 Å². The minimum absolute atomic E-state index is 0.0412. The lowest BCUT2D eigenvalue weighted by atomic mass is 9.95. The van der Waals surface area contributed by atoms with Gasteiger partial charge in [0.25, 0.3) is 5.91 Å². The fourth-order valence-corrected chi connectivity index (χ4v) is 3.84. The van der Waals surface area contributed by atoms with Crippen LogP contribution in [-0.2, 0) is 6.42 Å². The molecule has 136 valence electrons. The van der Waals surface area contributed by atoms with Crippen LogP contribution in [0.1, 0.15) is 58.9 Å². The zero-order chi connectivity index (χ0) is 18.3. The summed E-state index contributed by atoms with van der Waals surface area (Å²) in [5, 5.41) is 4.01. The second-order valence-electron chi connectivity index (χ2n) is 7.07. The number of nitrogens with one attached hydrogen (secondary N) is 1. The molecule has 6 nitrogen and oxygen atoms in total. The highest BCUT2D eigenvalue weighted by Gasteiger charge is 2.29. The first-order valence-electron chi connectivity index (χ1n) is 9.28. The summed E-state index contributed by atoms with van der Waals surface area (Å²) in [4.78, 5) is 23.1. The van der Waals surface area contributed by atoms with Crippen molar-refractivity contribution < 1.29 is 9.32 Å². The number of benzene rings is 1. The molecule has 1 N–H and O–H groups in total. The standard InChI is InChI=1S/C20H24N4O2/c1-4-15-17(13(3)26-23-15)20(25)24-10-8-14(9-11-24)19-21-16-7-5-6-12(2)18(16)22-19/h5-7,14H,4,8-11H2,1-3H3,(H,21,22). The van der Waals surface area contributed by atoms with Crippen molar-refractivity contribution in [3.05, 3.63) is 46.6 Å². The summed E-state index contributed by atoms with van der Waals surface area (Å²) >= 11 is 0. The van der Waals surface area contributed by atoms with Crippen molar-refractivity contribution in [2.75, 3.05) is 13.1 Å². The molecule has 26 heavy (non-hydrogen) atoms. The van der Waals surface area contributed by atoms with Crippen LogP contribution >= 0.6 is 0 Å². The van der Waals surface area contributed by atoms with Crippen LogP contribution in [-0.4, -0.2) is 39.0 Å². The predicted octanol–water partition coefficient (Wildman–Crippen LogP) is 3.75. The van der Waals surface area contributed by atoms with Gasteiger partial charge in [0.05, 0.1) is 16.7 Å². The van der Waals surface area contributed by atoms with Gasteiger partial charge < -0.3 is 14.4 Å². The van der Waals surface area contributed by atoms with Crippen molar-refractivity contribution in [1.82, 2.24) is 20.0 Å². The second kappa shape index (κ2) is 6.59. The summed E-state index contributed by atoms with van der Waals surface area (Å²) in [7, 11) is 0. The zero-order valence-electron chi connectivity index (χ0n) is 15.5. The van der Waals surface area contributed by atoms with Crippen LogP contribution in [0.5, 0.6) is 0 Å². The number of H-pyrrole nitrogens is 1. The van der Waals surface area contributed by atoms with E-state index in [1.165, 1.54) is 5.56 Å². The number of imidazole rings is 1. The minimum Gasteiger partial charge on any atom is -0.361 e. The maximum absolute atomic E-state index is 12.9. The number of aromatic amines is 1. The normalized spacial score (nSPS) is 15.7. The van der Waals surface area contributed by atoms with Crippen LogP contribution in [0.4, 0.5) is 0 Å². The van der Waals surface area contributed by atoms with Crippen molar-refractivity contribution in [2.45, 2.75) is 46.0 Å². The third-order valence-electron chi connectivity index (χ3n) is 5.38. The molecule has 1 aliphatic rings. The summed E-state index contributed by atoms with van der Waals surface area (Å²) in [6.07, 6.45) is 2.53. The first-order valence-corrected chi connectivity index (χ1v) is 9.28. The number of likely N-dealkylation sites (tertiary alicyclic amines) is 1. The highest BCUT2D eigenvalue weighted by Crippen LogP contribution is 2.29. The summed E-state index contributed by atoms with van der Waals surface area (Å²) in [6.45, 7) is 7.34. The number of hydrogen-bond donors (Lipinski definition) is 1. The maximum Gasteiger partial charge on any atom is 0.259 e. The van der Waals surface area contributed by atoms with Crippen LogP contribution in [0.15, 0.2) is 22.7 Å². The van der Waals surface area contributed by atoms with Gasteiger partial charge in [0.15, 0.2) is 0 Å². The van der Waals surface area contributed by atoms with E-state index in [0.29, 0.717) is 23.7 Å². The van der Waals surface area contributed by atoms with Gasteiger partial charge in [0.1, 0.15) is 17.1 Å². The quantitative estimate of drug-likeness (QED) is 0.779. The van der Waals surface area contributed by atoms with E-state index >= 15 is 0 Å². The molecule has 0 saturated carbocycles. The number of para-hydroxylation sites is 1. The Labute approximate surface area is 152 Å². The number of hydrogen-bond acceptors (Lipinski definition) is 4. The van der Waals surface area contributed by atoms with E-state index in [4.69, 9.17) is 9.51 Å². The number of fused-ring (bicyclic) bond motifs is 1. The summed E-state index contributed by atoms with van der Waals surface area (Å²) in [5.74, 6) is 2.05. The number of aryl methyl sites for hydroxylation is 3. The molecular weight excluding hydrogens is 328 g/mol. The van der Waals surface area contributed by atoms with Gasteiger partial charge in [-0.05, 0) is 44.7 Å². The van der Waals surface area contributed by atoms with Crippen molar-refractivity contribution in [1.29, 1.82) is 0 Å². The maximum atomic E-state index is 12.9. The van der Waals surface area contributed by atoms with Crippen molar-refractivity contribution in [3.63, 3.8) is 0 Å². The smallest absolute Gasteiger partial charge is 0.259 e. The average molecular weight is 352 g/mol. The molecule has 0 aliphatic carbocycles. The number of carbonyl (C=O) groups excluding carboxylic acids is 1. The molecule has 1 aromatic carbocycles. The Balaban J connectivity index is 1.49. The van der Waals surface area contributed by atoms with E-state index in [0.717, 1.165) is 48.5 Å². The fraction of sp³-hybridized carbons (Fsp3) is 0.450. The van der Waals surface area contributed by atoms with Gasteiger partial charge in [0.2, 0.25) is 0 Å². The van der Waals surface area contributed by atoms with E-state index in [-0.39, 0.29) is 5.91 Å². The van der Waals surface area contributed by atoms with E-state index in [2.05, 4.69) is 29.2 Å². The van der Waals surface area contributed by atoms with Crippen LogP contribution in [0.3, 0.4) is 0 Å². The van der Waals surface area contributed by atoms with Crippen LogP contribution < -0.4 is 0 Å². The van der Waals surface area contributed by atoms with Crippen molar-refractivity contribution >= 4 is 16.9 Å². The van der Waals surface area contributed by atoms with Gasteiger partial charge in [0, 0.05) is 19.0 Å². The van der Waals surface area contributed by atoms with Crippen LogP contribution in [0, 0.1) is 13.8 Å². The highest BCUT2D eigenvalue weighted by molar-refractivity contribution is 5.96. The van der Waals surface area contributed by atoms with Gasteiger partial charge >= 0.3 is 0 Å². The number of nitrogens with zero attached hydrogens (tertiary/aromatic N) is 3. The third kappa shape index (κ3) is 2.79. The molecule has 3 heterocycles. The van der Waals surface area contributed by atoms with Gasteiger partial charge in [-0.3, -0.25) is 4.79 Å². The van der Waals surface area contributed by atoms with Crippen molar-refractivity contribution in [2.24, 2.45) is 0 Å². The molecule has 0 bridgehead atoms. The third-order valence-corrected chi connectivity index (χ3v) is 5.38. The number of aromatic nitrogens is 3. The fourth-order valence-electron chi connectivity index (χ4n) is 3.84. The van der Waals surface area contributed by atoms with Gasteiger partial charge in [-0.2, -0.15) is 0 Å². The number of piperidine rings is 1. The predicted molar refractivity (Wildman–Crippen MR) is 99.3 cm³/mol. The molecule has 4 rings (SSSR count). The zero-order valence-corrected chi connectivity index (χ0v) is 15.5. The average Bonchev–Trinajstić information content (AvgIpc) is 3.25. The first kappa shape index (κ1) is 16.8. The van der Waals surface area contributed by atoms with Gasteiger partial charge in [-0.1, -0.05) is 24.2 Å². The Morgan fingerprint density at radius 1 is 1.31 bits per heavy atom. The molecule has 1 saturated heterocycles. The Hall–Kier alpha value is -2.63. The van der Waals surface area contributed by atoms with Crippen molar-refractivity contribution in [3.8, 4) is 0 Å². The Kier molecular flexibility index (Phi) is 4.26. The lowest BCUT2D eigenvalue weighted by molar-refractivity contribution is 0.0708. The van der Waals surface area contributed by atoms with Crippen LogP contribution in [0.25, 0.3) is 11.0 Å². The van der Waals surface area contributed by atoms with E-state index < -0.39 is 0 Å². The molecule has 3 aromatic rings. The lowest BCUT2D eigenvalue weighted by Crippen LogP contribution is -2.38. The molecule has 1 aliphatic heterocycles. The topological polar surface area (TPSA) is 75.0 Å². The number of carbonyl (C=O) groups is 1. The molecule has 0 spiro atoms. The Morgan fingerprint density at radius 3 is 2.77 bits per heavy atom. The first-order chi connectivity index (χ1) is 12.6. The second-order valence-corrected chi connectivity index (χ2v) is 7.07. The summed E-state index contributed by atoms with van der Waals surface area (Å²) in [5.41, 5.74) is 4.72. The molecule has 1 fully saturated rings. The molecular formula is C20H24N4O2. The molecule has 2 aromatic heterocycles. The Bertz CT molecular complexity index is 948. The van der Waals surface area contributed by atoms with Crippen LogP contribution in [0.2, 0.25) is 0 Å².